The Morgan fingerprint density at radius 3 is 2.56 bits per heavy atom. The van der Waals surface area contributed by atoms with Crippen molar-refractivity contribution in [2.45, 2.75) is 31.8 Å². The molecule has 0 bridgehead atoms. The molecule has 3 aromatic rings. The summed E-state index contributed by atoms with van der Waals surface area (Å²) in [6.45, 7) is -0.176. The van der Waals surface area contributed by atoms with E-state index in [0.717, 1.165) is 12.8 Å². The van der Waals surface area contributed by atoms with Gasteiger partial charge in [-0.05, 0) is 43.2 Å². The highest BCUT2D eigenvalue weighted by Gasteiger charge is 2.34. The van der Waals surface area contributed by atoms with E-state index in [1.165, 1.54) is 9.58 Å². The molecule has 0 saturated heterocycles. The quantitative estimate of drug-likeness (QED) is 0.293. The molecular weight excluding hydrogens is 488 g/mol. The van der Waals surface area contributed by atoms with Gasteiger partial charge in [-0.3, -0.25) is 23.9 Å². The number of benzene rings is 1. The molecule has 13 heteroatoms. The Morgan fingerprint density at radius 1 is 1.11 bits per heavy atom. The van der Waals surface area contributed by atoms with Crippen molar-refractivity contribution in [2.75, 3.05) is 23.7 Å². The highest BCUT2D eigenvalue weighted by molar-refractivity contribution is 6.29. The maximum atomic E-state index is 13.2. The second kappa shape index (κ2) is 10.7. The third-order valence-electron chi connectivity index (χ3n) is 5.53. The number of hydrogen-bond acceptors (Lipinski definition) is 7. The predicted octanol–water partition coefficient (Wildman–Crippen LogP) is 1.10. The summed E-state index contributed by atoms with van der Waals surface area (Å²) in [6.07, 6.45) is 1.71. The molecule has 6 N–H and O–H groups in total. The van der Waals surface area contributed by atoms with Crippen molar-refractivity contribution < 1.29 is 19.2 Å². The number of fused-ring (bicyclic) bond motifs is 1. The molecule has 0 spiro atoms. The SMILES string of the molecule is NCCC(=O)Nc1ccc2c(c1)c(C(N)=O)nn2CC(=O)N(CC(=O)Nc1cccc(Cl)n1)C1CC1. The first-order valence-electron chi connectivity index (χ1n) is 11.3. The lowest BCUT2D eigenvalue weighted by atomic mass is 10.1. The van der Waals surface area contributed by atoms with Gasteiger partial charge in [0.1, 0.15) is 24.1 Å². The molecule has 0 radical (unpaired) electrons. The number of hydrogen-bond donors (Lipinski definition) is 4. The normalized spacial score (nSPS) is 12.8. The molecular formula is C23H25ClN8O4. The second-order valence-electron chi connectivity index (χ2n) is 8.34. The van der Waals surface area contributed by atoms with Gasteiger partial charge in [0.2, 0.25) is 17.7 Å². The van der Waals surface area contributed by atoms with Crippen LogP contribution in [-0.4, -0.2) is 62.4 Å². The molecule has 1 aromatic carbocycles. The monoisotopic (exact) mass is 512 g/mol. The number of halogens is 1. The minimum Gasteiger partial charge on any atom is -0.364 e. The van der Waals surface area contributed by atoms with E-state index < -0.39 is 11.8 Å². The Balaban J connectivity index is 1.52. The van der Waals surface area contributed by atoms with Crippen LogP contribution in [0.2, 0.25) is 5.15 Å². The number of nitrogens with one attached hydrogen (secondary N) is 2. The summed E-state index contributed by atoms with van der Waals surface area (Å²) in [7, 11) is 0. The van der Waals surface area contributed by atoms with Crippen LogP contribution >= 0.6 is 11.6 Å². The largest absolute Gasteiger partial charge is 0.364 e. The van der Waals surface area contributed by atoms with Gasteiger partial charge in [0.05, 0.1) is 5.52 Å². The third-order valence-corrected chi connectivity index (χ3v) is 5.74. The van der Waals surface area contributed by atoms with E-state index in [2.05, 4.69) is 20.7 Å². The molecule has 1 saturated carbocycles. The first kappa shape index (κ1) is 25.1. The van der Waals surface area contributed by atoms with Gasteiger partial charge < -0.3 is 27.0 Å². The number of pyridine rings is 1. The van der Waals surface area contributed by atoms with Crippen molar-refractivity contribution in [2.24, 2.45) is 11.5 Å². The van der Waals surface area contributed by atoms with Crippen LogP contribution in [0.5, 0.6) is 0 Å². The highest BCUT2D eigenvalue weighted by atomic mass is 35.5. The van der Waals surface area contributed by atoms with E-state index in [1.807, 2.05) is 0 Å². The zero-order chi connectivity index (χ0) is 25.8. The van der Waals surface area contributed by atoms with Crippen LogP contribution in [0, 0.1) is 0 Å². The summed E-state index contributed by atoms with van der Waals surface area (Å²) >= 11 is 5.86. The van der Waals surface area contributed by atoms with E-state index in [0.29, 0.717) is 16.6 Å². The summed E-state index contributed by atoms with van der Waals surface area (Å²) in [4.78, 5) is 55.2. The Labute approximate surface area is 210 Å². The molecule has 0 unspecified atom stereocenters. The van der Waals surface area contributed by atoms with E-state index in [1.54, 1.807) is 36.4 Å². The van der Waals surface area contributed by atoms with Crippen molar-refractivity contribution in [3.05, 3.63) is 47.2 Å². The van der Waals surface area contributed by atoms with Crippen LogP contribution in [0.1, 0.15) is 29.8 Å². The van der Waals surface area contributed by atoms with Crippen molar-refractivity contribution in [3.63, 3.8) is 0 Å². The van der Waals surface area contributed by atoms with Crippen molar-refractivity contribution in [1.29, 1.82) is 0 Å². The second-order valence-corrected chi connectivity index (χ2v) is 8.72. The fourth-order valence-corrected chi connectivity index (χ4v) is 3.92. The molecule has 188 valence electrons. The number of primary amides is 1. The molecule has 2 heterocycles. The Bertz CT molecular complexity index is 1340. The van der Waals surface area contributed by atoms with Gasteiger partial charge >= 0.3 is 0 Å². The molecule has 0 aliphatic heterocycles. The van der Waals surface area contributed by atoms with Gasteiger partial charge in [-0.25, -0.2) is 4.98 Å². The lowest BCUT2D eigenvalue weighted by Crippen LogP contribution is -2.41. The molecule has 4 rings (SSSR count). The van der Waals surface area contributed by atoms with Crippen LogP contribution in [-0.2, 0) is 20.9 Å². The molecule has 4 amide bonds. The topological polar surface area (TPSA) is 178 Å². The lowest BCUT2D eigenvalue weighted by Gasteiger charge is -2.22. The highest BCUT2D eigenvalue weighted by Crippen LogP contribution is 2.28. The Hall–Kier alpha value is -4.03. The zero-order valence-corrected chi connectivity index (χ0v) is 20.0. The van der Waals surface area contributed by atoms with E-state index in [4.69, 9.17) is 23.1 Å². The van der Waals surface area contributed by atoms with Crippen molar-refractivity contribution >= 4 is 57.6 Å². The molecule has 1 fully saturated rings. The summed E-state index contributed by atoms with van der Waals surface area (Å²) in [6, 6.07) is 9.62. The average molecular weight is 513 g/mol. The number of aromatic nitrogens is 3. The minimum atomic E-state index is -0.774. The number of anilines is 2. The summed E-state index contributed by atoms with van der Waals surface area (Å²) in [5.41, 5.74) is 11.8. The maximum absolute atomic E-state index is 13.2. The number of carbonyl (C=O) groups is 4. The number of nitrogens with zero attached hydrogens (tertiary/aromatic N) is 4. The van der Waals surface area contributed by atoms with Gasteiger partial charge in [-0.1, -0.05) is 17.7 Å². The molecule has 1 aliphatic rings. The number of amides is 4. The summed E-state index contributed by atoms with van der Waals surface area (Å²) < 4.78 is 1.37. The summed E-state index contributed by atoms with van der Waals surface area (Å²) in [5, 5.41) is 10.2. The fraction of sp³-hybridized carbons (Fsp3) is 0.304. The van der Waals surface area contributed by atoms with E-state index in [-0.39, 0.29) is 60.6 Å². The van der Waals surface area contributed by atoms with E-state index >= 15 is 0 Å². The smallest absolute Gasteiger partial charge is 0.269 e. The van der Waals surface area contributed by atoms with Gasteiger partial charge in [0, 0.05) is 30.1 Å². The first-order chi connectivity index (χ1) is 17.2. The van der Waals surface area contributed by atoms with Crippen molar-refractivity contribution in [3.8, 4) is 0 Å². The maximum Gasteiger partial charge on any atom is 0.269 e. The van der Waals surface area contributed by atoms with Crippen LogP contribution < -0.4 is 22.1 Å². The zero-order valence-electron chi connectivity index (χ0n) is 19.2. The molecule has 2 aromatic heterocycles. The standard InChI is InChI=1S/C23H25ClN8O4/c24-17-2-1-3-18(28-17)29-20(34)11-31(14-5-6-14)21(35)12-32-16-7-4-13(27-19(33)8-9-25)10-15(16)22(30-32)23(26)36/h1-4,7,10,14H,5-6,8-9,11-12,25H2,(H2,26,36)(H,27,33)(H,28,29,34). The average Bonchev–Trinajstić information content (AvgIpc) is 3.59. The minimum absolute atomic E-state index is 0.0320. The third kappa shape index (κ3) is 5.96. The lowest BCUT2D eigenvalue weighted by molar-refractivity contribution is -0.135. The van der Waals surface area contributed by atoms with Crippen LogP contribution in [0.3, 0.4) is 0 Å². The summed E-state index contributed by atoms with van der Waals surface area (Å²) in [5.74, 6) is -1.51. The van der Waals surface area contributed by atoms with Gasteiger partial charge in [0.25, 0.3) is 5.91 Å². The van der Waals surface area contributed by atoms with E-state index in [9.17, 15) is 19.2 Å². The van der Waals surface area contributed by atoms with Gasteiger partial charge in [-0.2, -0.15) is 5.10 Å². The predicted molar refractivity (Wildman–Crippen MR) is 133 cm³/mol. The van der Waals surface area contributed by atoms with Gasteiger partial charge in [0.15, 0.2) is 5.69 Å². The Morgan fingerprint density at radius 2 is 1.89 bits per heavy atom. The molecule has 36 heavy (non-hydrogen) atoms. The molecule has 12 nitrogen and oxygen atoms in total. The molecule has 0 atom stereocenters. The fourth-order valence-electron chi connectivity index (χ4n) is 3.76. The van der Waals surface area contributed by atoms with Crippen molar-refractivity contribution in [1.82, 2.24) is 19.7 Å². The number of nitrogens with two attached hydrogens (primary N) is 2. The van der Waals surface area contributed by atoms with Gasteiger partial charge in [-0.15, -0.1) is 0 Å². The number of rotatable bonds is 10. The Kier molecular flexibility index (Phi) is 7.46. The van der Waals surface area contributed by atoms with Crippen LogP contribution in [0.25, 0.3) is 10.9 Å². The van der Waals surface area contributed by atoms with Crippen LogP contribution in [0.15, 0.2) is 36.4 Å². The molecule has 1 aliphatic carbocycles. The van der Waals surface area contributed by atoms with Crippen LogP contribution in [0.4, 0.5) is 11.5 Å². The number of carbonyl (C=O) groups excluding carboxylic acids is 4. The first-order valence-corrected chi connectivity index (χ1v) is 11.6.